The van der Waals surface area contributed by atoms with Crippen LogP contribution in [0.3, 0.4) is 0 Å². The SMILES string of the molecule is COc1cc(CCCCCO[C@@H]2CCN(C(C(=O)O)c3cc(C(C)C)cc(F)c3OC)C2)nc2c1CCCN2. The second-order valence-electron chi connectivity index (χ2n) is 10.8. The van der Waals surface area contributed by atoms with Crippen molar-refractivity contribution < 1.29 is 28.5 Å². The molecule has 0 spiro atoms. The number of hydrogen-bond acceptors (Lipinski definition) is 7. The Labute approximate surface area is 230 Å². The number of aryl methyl sites for hydroxylation is 1. The molecule has 2 aliphatic heterocycles. The number of rotatable bonds is 13. The van der Waals surface area contributed by atoms with Crippen LogP contribution in [0.15, 0.2) is 18.2 Å². The van der Waals surface area contributed by atoms with Crippen LogP contribution in [0.1, 0.15) is 80.3 Å². The van der Waals surface area contributed by atoms with Crippen molar-refractivity contribution in [2.75, 3.05) is 45.8 Å². The molecule has 2 N–H and O–H groups in total. The molecule has 39 heavy (non-hydrogen) atoms. The number of carboxylic acid groups (broad SMARTS) is 1. The number of pyridine rings is 1. The topological polar surface area (TPSA) is 93.2 Å². The van der Waals surface area contributed by atoms with E-state index in [2.05, 4.69) is 11.4 Å². The van der Waals surface area contributed by atoms with Crippen LogP contribution in [-0.4, -0.2) is 67.5 Å². The first-order valence-electron chi connectivity index (χ1n) is 14.1. The van der Waals surface area contributed by atoms with Gasteiger partial charge in [0, 0.05) is 49.1 Å². The van der Waals surface area contributed by atoms with Crippen LogP contribution in [0.4, 0.5) is 10.2 Å². The minimum Gasteiger partial charge on any atom is -0.496 e. The van der Waals surface area contributed by atoms with Crippen LogP contribution >= 0.6 is 0 Å². The Morgan fingerprint density at radius 2 is 2.03 bits per heavy atom. The normalized spacial score (nSPS) is 18.1. The molecule has 1 aromatic heterocycles. The Kier molecular flexibility index (Phi) is 10.0. The standard InChI is InChI=1S/C30H42FN3O5/c1-19(2)20-15-24(28(38-4)25(31)16-20)27(30(35)36)34-13-11-22(18-34)39-14-7-5-6-9-21-17-26(37-3)23-10-8-12-32-29(23)33-21/h15-17,19,22,27H,5-14,18H2,1-4H3,(H,32,33)(H,35,36)/t22-,27?/m1/s1. The molecule has 8 nitrogen and oxygen atoms in total. The lowest BCUT2D eigenvalue weighted by Crippen LogP contribution is -2.34. The third-order valence-corrected chi connectivity index (χ3v) is 7.72. The zero-order valence-electron chi connectivity index (χ0n) is 23.6. The predicted molar refractivity (Wildman–Crippen MR) is 149 cm³/mol. The molecule has 0 bridgehead atoms. The van der Waals surface area contributed by atoms with Gasteiger partial charge >= 0.3 is 5.97 Å². The Bertz CT molecular complexity index is 1120. The van der Waals surface area contributed by atoms with E-state index in [1.54, 1.807) is 13.2 Å². The number of anilines is 1. The largest absolute Gasteiger partial charge is 0.496 e. The van der Waals surface area contributed by atoms with E-state index in [4.69, 9.17) is 19.2 Å². The number of unbranched alkanes of at least 4 members (excludes halogenated alkanes) is 2. The number of benzene rings is 1. The Morgan fingerprint density at radius 3 is 2.74 bits per heavy atom. The van der Waals surface area contributed by atoms with Gasteiger partial charge in [0.15, 0.2) is 11.6 Å². The number of fused-ring (bicyclic) bond motifs is 1. The van der Waals surface area contributed by atoms with E-state index in [1.165, 1.54) is 18.7 Å². The van der Waals surface area contributed by atoms with Gasteiger partial charge in [-0.15, -0.1) is 0 Å². The maximum Gasteiger partial charge on any atom is 0.325 e. The maximum absolute atomic E-state index is 14.8. The van der Waals surface area contributed by atoms with Crippen molar-refractivity contribution in [1.82, 2.24) is 9.88 Å². The van der Waals surface area contributed by atoms with Gasteiger partial charge in [0.2, 0.25) is 0 Å². The van der Waals surface area contributed by atoms with Gasteiger partial charge in [-0.25, -0.2) is 9.37 Å². The van der Waals surface area contributed by atoms with Crippen molar-refractivity contribution >= 4 is 11.8 Å². The number of carbonyl (C=O) groups is 1. The molecule has 2 aliphatic rings. The number of ether oxygens (including phenoxy) is 3. The van der Waals surface area contributed by atoms with Crippen LogP contribution in [0.2, 0.25) is 0 Å². The average molecular weight is 544 g/mol. The number of carboxylic acids is 1. The van der Waals surface area contributed by atoms with E-state index < -0.39 is 17.8 Å². The van der Waals surface area contributed by atoms with E-state index in [9.17, 15) is 14.3 Å². The van der Waals surface area contributed by atoms with Crippen molar-refractivity contribution in [2.24, 2.45) is 0 Å². The van der Waals surface area contributed by atoms with E-state index >= 15 is 0 Å². The monoisotopic (exact) mass is 543 g/mol. The fourth-order valence-corrected chi connectivity index (χ4v) is 5.60. The molecule has 0 radical (unpaired) electrons. The molecule has 3 heterocycles. The quantitative estimate of drug-likeness (QED) is 0.327. The molecule has 1 aromatic carbocycles. The highest BCUT2D eigenvalue weighted by Gasteiger charge is 2.36. The molecule has 2 atom stereocenters. The highest BCUT2D eigenvalue weighted by atomic mass is 19.1. The number of halogens is 1. The van der Waals surface area contributed by atoms with Crippen molar-refractivity contribution in [3.8, 4) is 11.5 Å². The fraction of sp³-hybridized carbons (Fsp3) is 0.600. The summed E-state index contributed by atoms with van der Waals surface area (Å²) in [5.41, 5.74) is 3.33. The number of aliphatic carboxylic acids is 1. The summed E-state index contributed by atoms with van der Waals surface area (Å²) in [5.74, 6) is 0.398. The van der Waals surface area contributed by atoms with E-state index in [0.717, 1.165) is 74.3 Å². The molecule has 214 valence electrons. The second kappa shape index (κ2) is 13.4. The summed E-state index contributed by atoms with van der Waals surface area (Å²) in [4.78, 5) is 19.0. The Balaban J connectivity index is 1.27. The number of nitrogens with one attached hydrogen (secondary N) is 1. The lowest BCUT2D eigenvalue weighted by molar-refractivity contribution is -0.143. The molecule has 2 aromatic rings. The van der Waals surface area contributed by atoms with Gasteiger partial charge in [0.25, 0.3) is 0 Å². The van der Waals surface area contributed by atoms with Crippen molar-refractivity contribution in [3.63, 3.8) is 0 Å². The van der Waals surface area contributed by atoms with Gasteiger partial charge in [-0.3, -0.25) is 9.69 Å². The summed E-state index contributed by atoms with van der Waals surface area (Å²) in [6.45, 7) is 6.54. The number of hydrogen-bond donors (Lipinski definition) is 2. The first kappa shape index (κ1) is 29.1. The van der Waals surface area contributed by atoms with E-state index in [1.807, 2.05) is 18.7 Å². The molecule has 4 rings (SSSR count). The van der Waals surface area contributed by atoms with Gasteiger partial charge in [-0.1, -0.05) is 20.3 Å². The molecule has 1 saturated heterocycles. The highest BCUT2D eigenvalue weighted by molar-refractivity contribution is 5.77. The van der Waals surface area contributed by atoms with Crippen LogP contribution in [0.5, 0.6) is 11.5 Å². The van der Waals surface area contributed by atoms with Crippen molar-refractivity contribution in [1.29, 1.82) is 0 Å². The number of methoxy groups -OCH3 is 2. The third-order valence-electron chi connectivity index (χ3n) is 7.72. The minimum absolute atomic E-state index is 0.00186. The molecular formula is C30H42FN3O5. The second-order valence-corrected chi connectivity index (χ2v) is 10.8. The smallest absolute Gasteiger partial charge is 0.325 e. The number of aromatic nitrogens is 1. The lowest BCUT2D eigenvalue weighted by atomic mass is 9.95. The molecule has 1 fully saturated rings. The predicted octanol–water partition coefficient (Wildman–Crippen LogP) is 5.35. The van der Waals surface area contributed by atoms with Gasteiger partial charge < -0.3 is 24.6 Å². The average Bonchev–Trinajstić information content (AvgIpc) is 3.37. The summed E-state index contributed by atoms with van der Waals surface area (Å²) in [7, 11) is 3.09. The third kappa shape index (κ3) is 7.00. The highest BCUT2D eigenvalue weighted by Crippen LogP contribution is 2.37. The maximum atomic E-state index is 14.8. The van der Waals surface area contributed by atoms with Crippen LogP contribution in [-0.2, 0) is 22.4 Å². The van der Waals surface area contributed by atoms with Gasteiger partial charge in [0.1, 0.15) is 17.6 Å². The molecule has 0 aliphatic carbocycles. The molecule has 9 heteroatoms. The minimum atomic E-state index is -1.02. The first-order valence-corrected chi connectivity index (χ1v) is 14.1. The Morgan fingerprint density at radius 1 is 1.21 bits per heavy atom. The summed E-state index contributed by atoms with van der Waals surface area (Å²) in [6, 6.07) is 4.27. The van der Waals surface area contributed by atoms with Crippen LogP contribution < -0.4 is 14.8 Å². The van der Waals surface area contributed by atoms with Crippen molar-refractivity contribution in [2.45, 2.75) is 76.9 Å². The summed E-state index contributed by atoms with van der Waals surface area (Å²) >= 11 is 0. The van der Waals surface area contributed by atoms with E-state index in [0.29, 0.717) is 25.3 Å². The molecule has 0 amide bonds. The van der Waals surface area contributed by atoms with E-state index in [-0.39, 0.29) is 17.8 Å². The van der Waals surface area contributed by atoms with Crippen LogP contribution in [0, 0.1) is 5.82 Å². The number of likely N-dealkylation sites (tertiary alicyclic amines) is 1. The Hall–Kier alpha value is -2.91. The molecule has 1 unspecified atom stereocenters. The van der Waals surface area contributed by atoms with Gasteiger partial charge in [0.05, 0.1) is 20.3 Å². The van der Waals surface area contributed by atoms with Gasteiger partial charge in [-0.05, 0) is 62.1 Å². The fourth-order valence-electron chi connectivity index (χ4n) is 5.60. The zero-order chi connectivity index (χ0) is 27.9. The first-order chi connectivity index (χ1) is 18.8. The summed E-state index contributed by atoms with van der Waals surface area (Å²) in [6.07, 6.45) is 6.62. The number of nitrogens with zero attached hydrogens (tertiary/aromatic N) is 2. The van der Waals surface area contributed by atoms with Crippen molar-refractivity contribution in [3.05, 3.63) is 46.4 Å². The van der Waals surface area contributed by atoms with Gasteiger partial charge in [-0.2, -0.15) is 0 Å². The molecular weight excluding hydrogens is 501 g/mol. The summed E-state index contributed by atoms with van der Waals surface area (Å²) < 4.78 is 31.8. The lowest BCUT2D eigenvalue weighted by Gasteiger charge is -2.27. The summed E-state index contributed by atoms with van der Waals surface area (Å²) in [5, 5.41) is 13.5. The molecule has 0 saturated carbocycles. The van der Waals surface area contributed by atoms with Crippen LogP contribution in [0.25, 0.3) is 0 Å². The zero-order valence-corrected chi connectivity index (χ0v) is 23.6.